The molecule has 0 heterocycles. The average Bonchev–Trinajstić information content (AvgIpc) is 1.67. The number of hydrogen-bond acceptors (Lipinski definition) is 2. The van der Waals surface area contributed by atoms with E-state index in [-0.39, 0.29) is 11.3 Å². The highest BCUT2D eigenvalue weighted by molar-refractivity contribution is 9.18. The molecule has 0 saturated carbocycles. The fourth-order valence-electron chi connectivity index (χ4n) is 0.0622. The molecular formula is C5H9BrO2. The smallest absolute Gasteiger partial charge is 0.205 e. The third-order valence-corrected chi connectivity index (χ3v) is 2.00. The monoisotopic (exact) mass is 180 g/mol. The van der Waals surface area contributed by atoms with Gasteiger partial charge in [-0.05, 0) is 29.8 Å². The number of aliphatic hydroxyl groups excluding tert-OH is 1. The van der Waals surface area contributed by atoms with E-state index in [1.54, 1.807) is 13.8 Å². The summed E-state index contributed by atoms with van der Waals surface area (Å²) in [5.41, 5.74) is -0.625. The van der Waals surface area contributed by atoms with Gasteiger partial charge >= 0.3 is 0 Å². The molecule has 0 atom stereocenters. The number of aliphatic hydroxyl groups is 1. The van der Waals surface area contributed by atoms with E-state index in [1.807, 2.05) is 0 Å². The van der Waals surface area contributed by atoms with Gasteiger partial charge < -0.3 is 5.11 Å². The predicted octanol–water partition coefficient (Wildman–Crippen LogP) is 0.926. The van der Waals surface area contributed by atoms with Crippen molar-refractivity contribution in [3.05, 3.63) is 0 Å². The Morgan fingerprint density at radius 3 is 2.12 bits per heavy atom. The molecule has 3 heteroatoms. The Morgan fingerprint density at radius 2 is 2.12 bits per heavy atom. The first-order chi connectivity index (χ1) is 3.50. The van der Waals surface area contributed by atoms with Gasteiger partial charge in [-0.15, -0.1) is 0 Å². The van der Waals surface area contributed by atoms with Gasteiger partial charge in [0, 0.05) is 0 Å². The van der Waals surface area contributed by atoms with Gasteiger partial charge in [-0.1, -0.05) is 0 Å². The van der Waals surface area contributed by atoms with E-state index in [1.165, 1.54) is 0 Å². The number of hydrogen-bond donors (Lipinski definition) is 1. The van der Waals surface area contributed by atoms with Gasteiger partial charge in [-0.3, -0.25) is 4.79 Å². The highest BCUT2D eigenvalue weighted by atomic mass is 79.9. The molecule has 0 amide bonds. The Morgan fingerprint density at radius 1 is 1.75 bits per heavy atom. The van der Waals surface area contributed by atoms with Crippen molar-refractivity contribution in [3.8, 4) is 0 Å². The SMILES string of the molecule is CC(C)(CO)C(=O)Br. The summed E-state index contributed by atoms with van der Waals surface area (Å²) in [6, 6.07) is 0. The molecular weight excluding hydrogens is 172 g/mol. The van der Waals surface area contributed by atoms with Crippen molar-refractivity contribution >= 4 is 20.6 Å². The second-order valence-electron chi connectivity index (χ2n) is 2.32. The maximum absolute atomic E-state index is 10.5. The van der Waals surface area contributed by atoms with Gasteiger partial charge in [-0.25, -0.2) is 0 Å². The van der Waals surface area contributed by atoms with Crippen LogP contribution >= 0.6 is 15.9 Å². The molecule has 0 aliphatic rings. The summed E-state index contributed by atoms with van der Waals surface area (Å²) in [7, 11) is 0. The van der Waals surface area contributed by atoms with Crippen LogP contribution < -0.4 is 0 Å². The Balaban J connectivity index is 3.91. The molecule has 0 bridgehead atoms. The van der Waals surface area contributed by atoms with Crippen molar-refractivity contribution in [2.45, 2.75) is 13.8 Å². The molecule has 0 aromatic rings. The largest absolute Gasteiger partial charge is 0.395 e. The Labute approximate surface area is 57.0 Å². The Hall–Kier alpha value is 0.110. The lowest BCUT2D eigenvalue weighted by atomic mass is 9.98. The standard InChI is InChI=1S/C5H9BrO2/c1-5(2,3-7)4(6)8/h7H,3H2,1-2H3. The van der Waals surface area contributed by atoms with Crippen LogP contribution in [0.2, 0.25) is 0 Å². The van der Waals surface area contributed by atoms with E-state index in [4.69, 9.17) is 5.11 Å². The van der Waals surface area contributed by atoms with E-state index < -0.39 is 5.41 Å². The third-order valence-electron chi connectivity index (χ3n) is 0.927. The van der Waals surface area contributed by atoms with Crippen molar-refractivity contribution < 1.29 is 9.90 Å². The summed E-state index contributed by atoms with van der Waals surface area (Å²) >= 11 is 2.76. The molecule has 0 aliphatic carbocycles. The van der Waals surface area contributed by atoms with Crippen LogP contribution in [-0.2, 0) is 4.79 Å². The first kappa shape index (κ1) is 8.11. The van der Waals surface area contributed by atoms with E-state index in [2.05, 4.69) is 15.9 Å². The molecule has 0 aliphatic heterocycles. The first-order valence-electron chi connectivity index (χ1n) is 2.31. The molecule has 0 rings (SSSR count). The van der Waals surface area contributed by atoms with Crippen LogP contribution in [0.5, 0.6) is 0 Å². The average molecular weight is 181 g/mol. The highest BCUT2D eigenvalue weighted by Crippen LogP contribution is 2.17. The topological polar surface area (TPSA) is 37.3 Å². The van der Waals surface area contributed by atoms with Crippen molar-refractivity contribution in [2.75, 3.05) is 6.61 Å². The van der Waals surface area contributed by atoms with E-state index in [0.29, 0.717) is 0 Å². The summed E-state index contributed by atoms with van der Waals surface area (Å²) < 4.78 is -0.160. The zero-order valence-corrected chi connectivity index (χ0v) is 6.53. The number of carbonyl (C=O) groups is 1. The fourth-order valence-corrected chi connectivity index (χ4v) is 0.188. The van der Waals surface area contributed by atoms with Gasteiger partial charge in [0.15, 0.2) is 0 Å². The van der Waals surface area contributed by atoms with Gasteiger partial charge in [0.2, 0.25) is 4.69 Å². The van der Waals surface area contributed by atoms with E-state index in [0.717, 1.165) is 0 Å². The van der Waals surface area contributed by atoms with Gasteiger partial charge in [0.05, 0.1) is 12.0 Å². The van der Waals surface area contributed by atoms with Crippen molar-refractivity contribution in [1.29, 1.82) is 0 Å². The summed E-state index contributed by atoms with van der Waals surface area (Å²) in [5, 5.41) is 8.51. The molecule has 0 spiro atoms. The van der Waals surface area contributed by atoms with E-state index in [9.17, 15) is 4.79 Å². The molecule has 0 fully saturated rings. The second-order valence-corrected chi connectivity index (χ2v) is 3.04. The number of halogens is 1. The van der Waals surface area contributed by atoms with Crippen molar-refractivity contribution in [3.63, 3.8) is 0 Å². The normalized spacial score (nSPS) is 11.5. The summed E-state index contributed by atoms with van der Waals surface area (Å²) in [5.74, 6) is 0. The molecule has 1 N–H and O–H groups in total. The summed E-state index contributed by atoms with van der Waals surface area (Å²) in [4.78, 5) is 10.5. The summed E-state index contributed by atoms with van der Waals surface area (Å²) in [6.45, 7) is 3.23. The fraction of sp³-hybridized carbons (Fsp3) is 0.800. The summed E-state index contributed by atoms with van der Waals surface area (Å²) in [6.07, 6.45) is 0. The molecule has 0 saturated heterocycles. The Bertz CT molecular complexity index is 98.6. The van der Waals surface area contributed by atoms with E-state index >= 15 is 0 Å². The molecule has 0 radical (unpaired) electrons. The van der Waals surface area contributed by atoms with Gasteiger partial charge in [-0.2, -0.15) is 0 Å². The lowest BCUT2D eigenvalue weighted by Gasteiger charge is -2.14. The van der Waals surface area contributed by atoms with Gasteiger partial charge in [0.25, 0.3) is 0 Å². The third kappa shape index (κ3) is 1.92. The molecule has 0 aromatic heterocycles. The lowest BCUT2D eigenvalue weighted by Crippen LogP contribution is -2.23. The van der Waals surface area contributed by atoms with Crippen molar-refractivity contribution in [1.82, 2.24) is 0 Å². The van der Waals surface area contributed by atoms with Crippen LogP contribution in [0.15, 0.2) is 0 Å². The zero-order chi connectivity index (χ0) is 6.78. The van der Waals surface area contributed by atoms with Crippen LogP contribution in [0.4, 0.5) is 0 Å². The zero-order valence-electron chi connectivity index (χ0n) is 4.94. The lowest BCUT2D eigenvalue weighted by molar-refractivity contribution is -0.119. The van der Waals surface area contributed by atoms with Crippen LogP contribution in [0, 0.1) is 5.41 Å². The molecule has 2 nitrogen and oxygen atoms in total. The molecule has 48 valence electrons. The number of rotatable bonds is 2. The molecule has 8 heavy (non-hydrogen) atoms. The maximum Gasteiger partial charge on any atom is 0.205 e. The van der Waals surface area contributed by atoms with Crippen LogP contribution in [0.25, 0.3) is 0 Å². The minimum Gasteiger partial charge on any atom is -0.395 e. The van der Waals surface area contributed by atoms with Gasteiger partial charge in [0.1, 0.15) is 0 Å². The second kappa shape index (κ2) is 2.60. The molecule has 0 aromatic carbocycles. The molecule has 0 unspecified atom stereocenters. The van der Waals surface area contributed by atoms with Crippen LogP contribution in [-0.4, -0.2) is 16.4 Å². The minimum atomic E-state index is -0.625. The highest BCUT2D eigenvalue weighted by Gasteiger charge is 2.23. The first-order valence-corrected chi connectivity index (χ1v) is 3.11. The van der Waals surface area contributed by atoms with Crippen LogP contribution in [0.1, 0.15) is 13.8 Å². The minimum absolute atomic E-state index is 0.114. The van der Waals surface area contributed by atoms with Crippen LogP contribution in [0.3, 0.4) is 0 Å². The maximum atomic E-state index is 10.5. The van der Waals surface area contributed by atoms with Crippen molar-refractivity contribution in [2.24, 2.45) is 5.41 Å². The Kier molecular flexibility index (Phi) is 2.63. The predicted molar refractivity (Wildman–Crippen MR) is 34.8 cm³/mol. The quantitative estimate of drug-likeness (QED) is 0.643. The number of carbonyl (C=O) groups excluding carboxylic acids is 1.